The van der Waals surface area contributed by atoms with E-state index in [9.17, 15) is 13.2 Å². The van der Waals surface area contributed by atoms with E-state index in [2.05, 4.69) is 22.5 Å². The molecule has 0 saturated carbocycles. The number of carboxylic acids is 1. The Labute approximate surface area is 175 Å². The van der Waals surface area contributed by atoms with Crippen molar-refractivity contribution in [1.82, 2.24) is 4.31 Å². The molecule has 27 heavy (non-hydrogen) atoms. The Balaban J connectivity index is 1.81. The summed E-state index contributed by atoms with van der Waals surface area (Å²) in [5.74, 6) is -1.17. The third-order valence-electron chi connectivity index (χ3n) is 4.09. The molecule has 1 saturated heterocycles. The molecule has 1 heterocycles. The number of hydrogen-bond acceptors (Lipinski definition) is 4. The van der Waals surface area contributed by atoms with Crippen molar-refractivity contribution in [3.63, 3.8) is 0 Å². The minimum Gasteiger partial charge on any atom is -0.478 e. The first-order valence-corrected chi connectivity index (χ1v) is 11.3. The van der Waals surface area contributed by atoms with Crippen LogP contribution in [0.3, 0.4) is 0 Å². The van der Waals surface area contributed by atoms with E-state index >= 15 is 0 Å². The van der Waals surface area contributed by atoms with Crippen LogP contribution in [0.1, 0.15) is 10.4 Å². The first kappa shape index (κ1) is 20.4. The molecule has 2 aromatic rings. The van der Waals surface area contributed by atoms with E-state index in [0.29, 0.717) is 0 Å². The molecule has 0 radical (unpaired) electrons. The largest absolute Gasteiger partial charge is 0.478 e. The minimum absolute atomic E-state index is 0.0616. The second kappa shape index (κ2) is 7.97. The van der Waals surface area contributed by atoms with Gasteiger partial charge in [0.2, 0.25) is 10.0 Å². The predicted molar refractivity (Wildman–Crippen MR) is 110 cm³/mol. The van der Waals surface area contributed by atoms with Gasteiger partial charge in [-0.25, -0.2) is 13.2 Å². The molecule has 1 aliphatic rings. The van der Waals surface area contributed by atoms with Crippen LogP contribution in [-0.4, -0.2) is 42.1 Å². The molecule has 0 bridgehead atoms. The van der Waals surface area contributed by atoms with Crippen LogP contribution in [0.15, 0.2) is 68.9 Å². The quantitative estimate of drug-likeness (QED) is 0.626. The standard InChI is InChI=1S/C18H15BrClNO4S2/c1-11-9-21(10-16(11)26-14-5-3-13(19)4-6-14)27(24,25)17-7-2-12(18(22)23)8-15(17)20/h2-8,16H,1,9-10H2,(H,22,23)/t16-/m0/s1. The van der Waals surface area contributed by atoms with Gasteiger partial charge in [0.25, 0.3) is 0 Å². The number of aromatic carboxylic acids is 1. The lowest BCUT2D eigenvalue weighted by molar-refractivity contribution is 0.0696. The van der Waals surface area contributed by atoms with Crippen molar-refractivity contribution >= 4 is 55.3 Å². The molecule has 0 amide bonds. The number of benzene rings is 2. The maximum absolute atomic E-state index is 13.0. The highest BCUT2D eigenvalue weighted by atomic mass is 79.9. The van der Waals surface area contributed by atoms with Crippen LogP contribution in [0, 0.1) is 0 Å². The molecular weight excluding hydrogens is 474 g/mol. The summed E-state index contributed by atoms with van der Waals surface area (Å²) in [5.41, 5.74) is 0.748. The zero-order valence-electron chi connectivity index (χ0n) is 13.9. The Morgan fingerprint density at radius 2 is 1.93 bits per heavy atom. The van der Waals surface area contributed by atoms with Crippen LogP contribution in [0.2, 0.25) is 5.02 Å². The maximum atomic E-state index is 13.0. The number of thioether (sulfide) groups is 1. The Hall–Kier alpha value is -1.32. The fourth-order valence-electron chi connectivity index (χ4n) is 2.67. The zero-order valence-corrected chi connectivity index (χ0v) is 17.9. The highest BCUT2D eigenvalue weighted by Crippen LogP contribution is 2.36. The summed E-state index contributed by atoms with van der Waals surface area (Å²) in [5, 5.41) is 8.83. The number of carbonyl (C=O) groups is 1. The van der Waals surface area contributed by atoms with Gasteiger partial charge in [-0.2, -0.15) is 4.31 Å². The monoisotopic (exact) mass is 487 g/mol. The normalized spacial score (nSPS) is 18.0. The van der Waals surface area contributed by atoms with Crippen molar-refractivity contribution in [2.75, 3.05) is 13.1 Å². The summed E-state index contributed by atoms with van der Waals surface area (Å²) < 4.78 is 28.2. The molecular formula is C18H15BrClNO4S2. The van der Waals surface area contributed by atoms with Crippen LogP contribution in [-0.2, 0) is 10.0 Å². The van der Waals surface area contributed by atoms with E-state index in [0.717, 1.165) is 21.0 Å². The molecule has 142 valence electrons. The van der Waals surface area contributed by atoms with Gasteiger partial charge in [-0.1, -0.05) is 34.1 Å². The third kappa shape index (κ3) is 4.41. The van der Waals surface area contributed by atoms with Crippen LogP contribution < -0.4 is 0 Å². The SMILES string of the molecule is C=C1CN(S(=O)(=O)c2ccc(C(=O)O)cc2Cl)C[C@@H]1Sc1ccc(Br)cc1. The lowest BCUT2D eigenvalue weighted by Crippen LogP contribution is -2.29. The van der Waals surface area contributed by atoms with Gasteiger partial charge in [0, 0.05) is 27.7 Å². The van der Waals surface area contributed by atoms with Crippen molar-refractivity contribution in [3.8, 4) is 0 Å². The lowest BCUT2D eigenvalue weighted by atomic mass is 10.2. The Bertz CT molecular complexity index is 1010. The second-order valence-corrected chi connectivity index (χ2v) is 10.5. The van der Waals surface area contributed by atoms with E-state index < -0.39 is 16.0 Å². The Morgan fingerprint density at radius 3 is 2.52 bits per heavy atom. The molecule has 2 aromatic carbocycles. The molecule has 0 aromatic heterocycles. The summed E-state index contributed by atoms with van der Waals surface area (Å²) in [7, 11) is -3.85. The molecule has 0 spiro atoms. The van der Waals surface area contributed by atoms with Gasteiger partial charge in [-0.05, 0) is 48.0 Å². The molecule has 1 N–H and O–H groups in total. The van der Waals surface area contributed by atoms with Gasteiger partial charge in [0.15, 0.2) is 0 Å². The number of carboxylic acid groups (broad SMARTS) is 1. The van der Waals surface area contributed by atoms with E-state index in [1.165, 1.54) is 16.4 Å². The van der Waals surface area contributed by atoms with E-state index in [-0.39, 0.29) is 33.8 Å². The van der Waals surface area contributed by atoms with Crippen molar-refractivity contribution in [2.24, 2.45) is 0 Å². The first-order valence-electron chi connectivity index (χ1n) is 7.81. The molecule has 3 rings (SSSR count). The van der Waals surface area contributed by atoms with Gasteiger partial charge in [-0.15, -0.1) is 11.8 Å². The Kier molecular flexibility index (Phi) is 6.02. The summed E-state index contributed by atoms with van der Waals surface area (Å²) in [6.07, 6.45) is 0. The number of nitrogens with zero attached hydrogens (tertiary/aromatic N) is 1. The highest BCUT2D eigenvalue weighted by Gasteiger charge is 2.36. The second-order valence-electron chi connectivity index (χ2n) is 5.97. The van der Waals surface area contributed by atoms with Crippen molar-refractivity contribution in [1.29, 1.82) is 0 Å². The molecule has 1 fully saturated rings. The summed E-state index contributed by atoms with van der Waals surface area (Å²) in [6, 6.07) is 11.4. The summed E-state index contributed by atoms with van der Waals surface area (Å²) in [4.78, 5) is 11.9. The van der Waals surface area contributed by atoms with Crippen LogP contribution in [0.5, 0.6) is 0 Å². The van der Waals surface area contributed by atoms with Crippen molar-refractivity contribution in [3.05, 3.63) is 69.7 Å². The zero-order chi connectivity index (χ0) is 19.8. The predicted octanol–water partition coefficient (Wildman–Crippen LogP) is 4.52. The van der Waals surface area contributed by atoms with Gasteiger partial charge in [-0.3, -0.25) is 0 Å². The average molecular weight is 489 g/mol. The Morgan fingerprint density at radius 1 is 1.26 bits per heavy atom. The first-order chi connectivity index (χ1) is 12.7. The molecule has 5 nitrogen and oxygen atoms in total. The molecule has 1 aliphatic heterocycles. The number of halogens is 2. The summed E-state index contributed by atoms with van der Waals surface area (Å²) >= 11 is 11.0. The molecule has 1 atom stereocenters. The van der Waals surface area contributed by atoms with Crippen LogP contribution >= 0.6 is 39.3 Å². The van der Waals surface area contributed by atoms with Crippen molar-refractivity contribution in [2.45, 2.75) is 15.0 Å². The number of hydrogen-bond donors (Lipinski definition) is 1. The molecule has 0 aliphatic carbocycles. The van der Waals surface area contributed by atoms with Gasteiger partial charge in [0.05, 0.1) is 10.6 Å². The number of rotatable bonds is 5. The maximum Gasteiger partial charge on any atom is 0.335 e. The van der Waals surface area contributed by atoms with E-state index in [1.807, 2.05) is 24.3 Å². The lowest BCUT2D eigenvalue weighted by Gasteiger charge is -2.17. The third-order valence-corrected chi connectivity index (χ3v) is 8.23. The fourth-order valence-corrected chi connectivity index (χ4v) is 6.12. The average Bonchev–Trinajstić information content (AvgIpc) is 2.98. The topological polar surface area (TPSA) is 74.7 Å². The van der Waals surface area contributed by atoms with Gasteiger partial charge in [0.1, 0.15) is 4.90 Å². The van der Waals surface area contributed by atoms with Crippen molar-refractivity contribution < 1.29 is 18.3 Å². The van der Waals surface area contributed by atoms with Gasteiger partial charge >= 0.3 is 5.97 Å². The number of sulfonamides is 1. The van der Waals surface area contributed by atoms with Gasteiger partial charge < -0.3 is 5.11 Å². The van der Waals surface area contributed by atoms with Crippen LogP contribution in [0.25, 0.3) is 0 Å². The fraction of sp³-hybridized carbons (Fsp3) is 0.167. The van der Waals surface area contributed by atoms with E-state index in [4.69, 9.17) is 16.7 Å². The smallest absolute Gasteiger partial charge is 0.335 e. The van der Waals surface area contributed by atoms with E-state index in [1.54, 1.807) is 11.8 Å². The molecule has 0 unspecified atom stereocenters. The van der Waals surface area contributed by atoms with Crippen LogP contribution in [0.4, 0.5) is 0 Å². The summed E-state index contributed by atoms with van der Waals surface area (Å²) in [6.45, 7) is 4.50. The minimum atomic E-state index is -3.85. The highest BCUT2D eigenvalue weighted by molar-refractivity contribution is 9.10. The molecule has 9 heteroatoms.